The van der Waals surface area contributed by atoms with Gasteiger partial charge in [0.2, 0.25) is 0 Å². The normalized spacial score (nSPS) is 9.08. The Morgan fingerprint density at radius 3 is 2.75 bits per heavy atom. The van der Waals surface area contributed by atoms with Crippen LogP contribution < -0.4 is 4.74 Å². The van der Waals surface area contributed by atoms with Gasteiger partial charge in [0.15, 0.2) is 11.5 Å². The van der Waals surface area contributed by atoms with Crippen LogP contribution >= 0.6 is 11.6 Å². The van der Waals surface area contributed by atoms with Crippen LogP contribution in [0.1, 0.15) is 5.56 Å². The first-order valence-corrected chi connectivity index (χ1v) is 3.54. The second kappa shape index (κ2) is 3.33. The average molecular weight is 184 g/mol. The fourth-order valence-corrected chi connectivity index (χ4v) is 1.06. The standard InChI is InChI=1S/C8H6ClNO2/c1-12-8-6(9)3-2-5(4-10)7(8)11/h2-3,11H,1H3. The van der Waals surface area contributed by atoms with Crippen LogP contribution in [0.15, 0.2) is 12.1 Å². The van der Waals surface area contributed by atoms with Gasteiger partial charge >= 0.3 is 0 Å². The van der Waals surface area contributed by atoms with Crippen molar-refractivity contribution in [3.8, 4) is 17.6 Å². The Balaban J connectivity index is 3.36. The van der Waals surface area contributed by atoms with E-state index in [-0.39, 0.29) is 22.1 Å². The molecule has 0 heterocycles. The quantitative estimate of drug-likeness (QED) is 0.724. The molecule has 1 aromatic rings. The third-order valence-corrected chi connectivity index (χ3v) is 1.71. The molecule has 0 aliphatic heterocycles. The van der Waals surface area contributed by atoms with Crippen molar-refractivity contribution in [2.24, 2.45) is 0 Å². The summed E-state index contributed by atoms with van der Waals surface area (Å²) in [5, 5.41) is 18.1. The summed E-state index contributed by atoms with van der Waals surface area (Å²) in [7, 11) is 1.38. The Morgan fingerprint density at radius 2 is 2.25 bits per heavy atom. The molecular weight excluding hydrogens is 178 g/mol. The lowest BCUT2D eigenvalue weighted by Crippen LogP contribution is -1.87. The van der Waals surface area contributed by atoms with Crippen molar-refractivity contribution in [1.82, 2.24) is 0 Å². The number of hydrogen-bond acceptors (Lipinski definition) is 3. The van der Waals surface area contributed by atoms with Gasteiger partial charge < -0.3 is 9.84 Å². The van der Waals surface area contributed by atoms with E-state index in [1.807, 2.05) is 6.07 Å². The van der Waals surface area contributed by atoms with E-state index in [9.17, 15) is 5.11 Å². The summed E-state index contributed by atoms with van der Waals surface area (Å²) >= 11 is 5.66. The summed E-state index contributed by atoms with van der Waals surface area (Å²) in [6.45, 7) is 0. The number of benzene rings is 1. The van der Waals surface area contributed by atoms with Gasteiger partial charge in [-0.2, -0.15) is 5.26 Å². The summed E-state index contributed by atoms with van der Waals surface area (Å²) in [6, 6.07) is 4.74. The number of nitriles is 1. The molecule has 4 heteroatoms. The molecule has 1 rings (SSSR count). The van der Waals surface area contributed by atoms with Crippen molar-refractivity contribution >= 4 is 11.6 Å². The maximum absolute atomic E-state index is 9.34. The summed E-state index contributed by atoms with van der Waals surface area (Å²) in [4.78, 5) is 0. The molecule has 0 bridgehead atoms. The summed E-state index contributed by atoms with van der Waals surface area (Å²) in [6.07, 6.45) is 0. The highest BCUT2D eigenvalue weighted by Gasteiger charge is 2.10. The number of ether oxygens (including phenoxy) is 1. The molecule has 0 radical (unpaired) electrons. The van der Waals surface area contributed by atoms with E-state index < -0.39 is 0 Å². The minimum Gasteiger partial charge on any atom is -0.503 e. The van der Waals surface area contributed by atoms with E-state index in [0.717, 1.165) is 0 Å². The molecule has 0 aromatic heterocycles. The number of phenols is 1. The minimum atomic E-state index is -0.215. The van der Waals surface area contributed by atoms with Gasteiger partial charge in [0, 0.05) is 0 Å². The van der Waals surface area contributed by atoms with E-state index in [0.29, 0.717) is 0 Å². The van der Waals surface area contributed by atoms with Crippen LogP contribution in [0.5, 0.6) is 11.5 Å². The third-order valence-electron chi connectivity index (χ3n) is 1.41. The van der Waals surface area contributed by atoms with Crippen LogP contribution in [0, 0.1) is 11.3 Å². The van der Waals surface area contributed by atoms with Gasteiger partial charge in [-0.3, -0.25) is 0 Å². The molecule has 0 atom stereocenters. The SMILES string of the molecule is COc1c(Cl)ccc(C#N)c1O. The van der Waals surface area contributed by atoms with Crippen LogP contribution in [-0.2, 0) is 0 Å². The van der Waals surface area contributed by atoms with Crippen LogP contribution in [0.2, 0.25) is 5.02 Å². The van der Waals surface area contributed by atoms with Gasteiger partial charge in [-0.25, -0.2) is 0 Å². The van der Waals surface area contributed by atoms with Crippen molar-refractivity contribution in [2.75, 3.05) is 7.11 Å². The number of hydrogen-bond donors (Lipinski definition) is 1. The van der Waals surface area contributed by atoms with Crippen molar-refractivity contribution in [3.05, 3.63) is 22.7 Å². The van der Waals surface area contributed by atoms with Gasteiger partial charge in [0.05, 0.1) is 17.7 Å². The maximum atomic E-state index is 9.34. The molecule has 0 amide bonds. The Labute approximate surface area is 74.8 Å². The summed E-state index contributed by atoms with van der Waals surface area (Å²) in [5.74, 6) is -0.0804. The van der Waals surface area contributed by atoms with E-state index in [2.05, 4.69) is 0 Å². The van der Waals surface area contributed by atoms with Crippen molar-refractivity contribution in [1.29, 1.82) is 5.26 Å². The van der Waals surface area contributed by atoms with Crippen LogP contribution in [0.4, 0.5) is 0 Å². The Hall–Kier alpha value is -1.40. The molecule has 0 spiro atoms. The highest BCUT2D eigenvalue weighted by Crippen LogP contribution is 2.36. The smallest absolute Gasteiger partial charge is 0.180 e. The average Bonchev–Trinajstić information content (AvgIpc) is 2.06. The fraction of sp³-hybridized carbons (Fsp3) is 0.125. The molecule has 0 aliphatic rings. The predicted molar refractivity (Wildman–Crippen MR) is 44.4 cm³/mol. The fourth-order valence-electron chi connectivity index (χ4n) is 0.831. The molecule has 0 aliphatic carbocycles. The number of methoxy groups -OCH3 is 1. The Bertz CT molecular complexity index is 344. The van der Waals surface area contributed by atoms with Gasteiger partial charge in [0.1, 0.15) is 6.07 Å². The monoisotopic (exact) mass is 183 g/mol. The van der Waals surface area contributed by atoms with Crippen LogP contribution in [0.25, 0.3) is 0 Å². The first-order chi connectivity index (χ1) is 5.70. The third kappa shape index (κ3) is 1.29. The molecule has 12 heavy (non-hydrogen) atoms. The second-order valence-corrected chi connectivity index (χ2v) is 2.50. The van der Waals surface area contributed by atoms with Crippen molar-refractivity contribution < 1.29 is 9.84 Å². The van der Waals surface area contributed by atoms with Gasteiger partial charge in [-0.05, 0) is 12.1 Å². The van der Waals surface area contributed by atoms with Crippen molar-refractivity contribution in [2.45, 2.75) is 0 Å². The molecule has 62 valence electrons. The summed E-state index contributed by atoms with van der Waals surface area (Å²) in [5.41, 5.74) is 0.149. The Kier molecular flexibility index (Phi) is 2.41. The Morgan fingerprint density at radius 1 is 1.58 bits per heavy atom. The number of phenolic OH excluding ortho intramolecular Hbond substituents is 1. The summed E-state index contributed by atoms with van der Waals surface area (Å²) < 4.78 is 4.79. The highest BCUT2D eigenvalue weighted by molar-refractivity contribution is 6.32. The molecule has 3 nitrogen and oxygen atoms in total. The highest BCUT2D eigenvalue weighted by atomic mass is 35.5. The van der Waals surface area contributed by atoms with Crippen LogP contribution in [-0.4, -0.2) is 12.2 Å². The number of rotatable bonds is 1. The largest absolute Gasteiger partial charge is 0.503 e. The van der Waals surface area contributed by atoms with E-state index >= 15 is 0 Å². The zero-order valence-electron chi connectivity index (χ0n) is 6.34. The first-order valence-electron chi connectivity index (χ1n) is 3.16. The molecule has 0 saturated heterocycles. The second-order valence-electron chi connectivity index (χ2n) is 2.09. The first kappa shape index (κ1) is 8.69. The van der Waals surface area contributed by atoms with Gasteiger partial charge in [-0.1, -0.05) is 11.6 Å². The van der Waals surface area contributed by atoms with Crippen molar-refractivity contribution in [3.63, 3.8) is 0 Å². The van der Waals surface area contributed by atoms with Gasteiger partial charge in [-0.15, -0.1) is 0 Å². The van der Waals surface area contributed by atoms with E-state index in [4.69, 9.17) is 21.6 Å². The molecule has 0 unspecified atom stereocenters. The van der Waals surface area contributed by atoms with E-state index in [1.54, 1.807) is 0 Å². The lowest BCUT2D eigenvalue weighted by atomic mass is 10.2. The maximum Gasteiger partial charge on any atom is 0.180 e. The predicted octanol–water partition coefficient (Wildman–Crippen LogP) is 1.93. The number of nitrogens with zero attached hydrogens (tertiary/aromatic N) is 1. The van der Waals surface area contributed by atoms with E-state index in [1.165, 1.54) is 19.2 Å². The van der Waals surface area contributed by atoms with Gasteiger partial charge in [0.25, 0.3) is 0 Å². The molecule has 1 N–H and O–H groups in total. The lowest BCUT2D eigenvalue weighted by Gasteiger charge is -2.05. The zero-order chi connectivity index (χ0) is 9.14. The number of aromatic hydroxyl groups is 1. The number of halogens is 1. The lowest BCUT2D eigenvalue weighted by molar-refractivity contribution is 0.373. The molecular formula is C8H6ClNO2. The minimum absolute atomic E-state index is 0.135. The topological polar surface area (TPSA) is 53.2 Å². The molecule has 0 saturated carbocycles. The molecule has 0 fully saturated rings. The zero-order valence-corrected chi connectivity index (χ0v) is 7.09. The molecule has 1 aromatic carbocycles. The van der Waals surface area contributed by atoms with Crippen LogP contribution in [0.3, 0.4) is 0 Å².